The highest BCUT2D eigenvalue weighted by Gasteiger charge is 2.24. The van der Waals surface area contributed by atoms with E-state index in [1.54, 1.807) is 18.2 Å². The zero-order chi connectivity index (χ0) is 20.5. The molecule has 0 unspecified atom stereocenters. The van der Waals surface area contributed by atoms with Crippen LogP contribution in [0.4, 0.5) is 5.82 Å². The number of aromatic nitrogens is 2. The van der Waals surface area contributed by atoms with Gasteiger partial charge in [0, 0.05) is 35.8 Å². The third-order valence-electron chi connectivity index (χ3n) is 5.51. The molecule has 2 aliphatic rings. The number of carbonyl (C=O) groups excluding carboxylic acids is 1. The van der Waals surface area contributed by atoms with Crippen molar-refractivity contribution in [3.8, 4) is 22.8 Å². The molecule has 0 spiro atoms. The Morgan fingerprint density at radius 2 is 1.83 bits per heavy atom. The fourth-order valence-electron chi connectivity index (χ4n) is 3.81. The molecule has 0 atom stereocenters. The average molecular weight is 425 g/mol. The van der Waals surface area contributed by atoms with Gasteiger partial charge in [-0.1, -0.05) is 23.7 Å². The molecule has 7 nitrogen and oxygen atoms in total. The van der Waals surface area contributed by atoms with Crippen molar-refractivity contribution in [3.05, 3.63) is 59.1 Å². The van der Waals surface area contributed by atoms with E-state index in [1.165, 1.54) is 0 Å². The van der Waals surface area contributed by atoms with Crippen LogP contribution in [0.25, 0.3) is 11.3 Å². The number of rotatable bonds is 4. The molecule has 0 radical (unpaired) electrons. The molecule has 8 heteroatoms. The van der Waals surface area contributed by atoms with Crippen molar-refractivity contribution in [3.63, 3.8) is 0 Å². The monoisotopic (exact) mass is 424 g/mol. The third kappa shape index (κ3) is 3.80. The zero-order valence-corrected chi connectivity index (χ0v) is 17.0. The van der Waals surface area contributed by atoms with Crippen molar-refractivity contribution < 1.29 is 14.3 Å². The summed E-state index contributed by atoms with van der Waals surface area (Å²) in [5.74, 6) is 2.13. The van der Waals surface area contributed by atoms with E-state index in [-0.39, 0.29) is 18.7 Å². The Labute approximate surface area is 178 Å². The summed E-state index contributed by atoms with van der Waals surface area (Å²) in [6.07, 6.45) is 1.72. The first-order chi connectivity index (χ1) is 14.7. The SMILES string of the molecule is O=C(NC1CCN(c2cc(-c3ccc(Cl)cc3)[nH]n2)CC1)c1ccc2c(c1)OCO2. The maximum Gasteiger partial charge on any atom is 0.251 e. The van der Waals surface area contributed by atoms with Crippen molar-refractivity contribution in [2.75, 3.05) is 24.8 Å². The second-order valence-electron chi connectivity index (χ2n) is 7.45. The number of nitrogens with zero attached hydrogens (tertiary/aromatic N) is 2. The molecule has 2 N–H and O–H groups in total. The number of H-pyrrole nitrogens is 1. The molecule has 30 heavy (non-hydrogen) atoms. The summed E-state index contributed by atoms with van der Waals surface area (Å²) in [6, 6.07) is 15.1. The van der Waals surface area contributed by atoms with Crippen LogP contribution < -0.4 is 19.7 Å². The van der Waals surface area contributed by atoms with Gasteiger partial charge in [0.15, 0.2) is 17.3 Å². The Hall–Kier alpha value is -3.19. The summed E-state index contributed by atoms with van der Waals surface area (Å²) in [5, 5.41) is 11.4. The molecular weight excluding hydrogens is 404 g/mol. The first kappa shape index (κ1) is 18.8. The number of anilines is 1. The van der Waals surface area contributed by atoms with Crippen LogP contribution >= 0.6 is 11.6 Å². The van der Waals surface area contributed by atoms with E-state index in [0.717, 1.165) is 43.0 Å². The molecule has 1 saturated heterocycles. The summed E-state index contributed by atoms with van der Waals surface area (Å²) in [6.45, 7) is 1.86. The number of halogens is 1. The molecule has 1 aromatic heterocycles. The highest BCUT2D eigenvalue weighted by molar-refractivity contribution is 6.30. The number of carbonyl (C=O) groups is 1. The number of hydrogen-bond donors (Lipinski definition) is 2. The molecule has 3 aromatic rings. The Balaban J connectivity index is 1.18. The van der Waals surface area contributed by atoms with Gasteiger partial charge in [-0.3, -0.25) is 9.89 Å². The first-order valence-corrected chi connectivity index (χ1v) is 10.3. The van der Waals surface area contributed by atoms with E-state index in [4.69, 9.17) is 21.1 Å². The molecule has 0 aliphatic carbocycles. The molecule has 3 heterocycles. The lowest BCUT2D eigenvalue weighted by molar-refractivity contribution is 0.0930. The van der Waals surface area contributed by atoms with Crippen molar-refractivity contribution >= 4 is 23.3 Å². The Morgan fingerprint density at radius 3 is 2.63 bits per heavy atom. The fourth-order valence-corrected chi connectivity index (χ4v) is 3.94. The van der Waals surface area contributed by atoms with Crippen LogP contribution in [0.3, 0.4) is 0 Å². The first-order valence-electron chi connectivity index (χ1n) is 9.92. The minimum absolute atomic E-state index is 0.0865. The highest BCUT2D eigenvalue weighted by atomic mass is 35.5. The van der Waals surface area contributed by atoms with Gasteiger partial charge in [-0.2, -0.15) is 5.10 Å². The number of hydrogen-bond acceptors (Lipinski definition) is 5. The molecule has 1 fully saturated rings. The number of aromatic amines is 1. The largest absolute Gasteiger partial charge is 0.454 e. The van der Waals surface area contributed by atoms with Crippen LogP contribution in [0.2, 0.25) is 5.02 Å². The number of piperidine rings is 1. The fraction of sp³-hybridized carbons (Fsp3) is 0.273. The molecule has 5 rings (SSSR count). The van der Waals surface area contributed by atoms with Crippen molar-refractivity contribution in [2.45, 2.75) is 18.9 Å². The van der Waals surface area contributed by atoms with Gasteiger partial charge >= 0.3 is 0 Å². The van der Waals surface area contributed by atoms with E-state index in [0.29, 0.717) is 22.1 Å². The highest BCUT2D eigenvalue weighted by Crippen LogP contribution is 2.32. The van der Waals surface area contributed by atoms with E-state index >= 15 is 0 Å². The number of amides is 1. The summed E-state index contributed by atoms with van der Waals surface area (Å²) < 4.78 is 10.7. The van der Waals surface area contributed by atoms with Gasteiger partial charge in [0.05, 0.1) is 5.69 Å². The second-order valence-corrected chi connectivity index (χ2v) is 7.89. The van der Waals surface area contributed by atoms with Gasteiger partial charge in [0.2, 0.25) is 6.79 Å². The maximum absolute atomic E-state index is 12.6. The van der Waals surface area contributed by atoms with E-state index in [2.05, 4.69) is 26.5 Å². The molecule has 0 bridgehead atoms. The lowest BCUT2D eigenvalue weighted by Crippen LogP contribution is -2.44. The van der Waals surface area contributed by atoms with Gasteiger partial charge in [0.25, 0.3) is 5.91 Å². The summed E-state index contributed by atoms with van der Waals surface area (Å²) in [7, 11) is 0. The van der Waals surface area contributed by atoms with E-state index in [1.807, 2.05) is 24.3 Å². The van der Waals surface area contributed by atoms with E-state index < -0.39 is 0 Å². The van der Waals surface area contributed by atoms with Crippen LogP contribution in [0, 0.1) is 0 Å². The predicted molar refractivity (Wildman–Crippen MR) is 114 cm³/mol. The lowest BCUT2D eigenvalue weighted by atomic mass is 10.0. The van der Waals surface area contributed by atoms with Crippen molar-refractivity contribution in [1.82, 2.24) is 15.5 Å². The number of benzene rings is 2. The minimum Gasteiger partial charge on any atom is -0.454 e. The number of nitrogens with one attached hydrogen (secondary N) is 2. The Morgan fingerprint density at radius 1 is 1.07 bits per heavy atom. The lowest BCUT2D eigenvalue weighted by Gasteiger charge is -2.32. The van der Waals surface area contributed by atoms with Gasteiger partial charge in [-0.25, -0.2) is 0 Å². The van der Waals surface area contributed by atoms with Gasteiger partial charge in [-0.15, -0.1) is 0 Å². The topological polar surface area (TPSA) is 79.5 Å². The summed E-state index contributed by atoms with van der Waals surface area (Å²) in [4.78, 5) is 14.8. The number of fused-ring (bicyclic) bond motifs is 1. The maximum atomic E-state index is 12.6. The van der Waals surface area contributed by atoms with Gasteiger partial charge in [-0.05, 0) is 48.7 Å². The van der Waals surface area contributed by atoms with Crippen LogP contribution in [-0.2, 0) is 0 Å². The molecule has 2 aromatic carbocycles. The molecule has 0 saturated carbocycles. The van der Waals surface area contributed by atoms with Crippen molar-refractivity contribution in [1.29, 1.82) is 0 Å². The summed E-state index contributed by atoms with van der Waals surface area (Å²) >= 11 is 5.96. The summed E-state index contributed by atoms with van der Waals surface area (Å²) in [5.41, 5.74) is 2.59. The molecular formula is C22H21ClN4O3. The van der Waals surface area contributed by atoms with Crippen molar-refractivity contribution in [2.24, 2.45) is 0 Å². The van der Waals surface area contributed by atoms with Crippen LogP contribution in [0.15, 0.2) is 48.5 Å². The number of ether oxygens (including phenoxy) is 2. The van der Waals surface area contributed by atoms with Crippen LogP contribution in [0.1, 0.15) is 23.2 Å². The standard InChI is InChI=1S/C22H21ClN4O3/c23-16-4-1-14(2-5-16)18-12-21(26-25-18)27-9-7-17(8-10-27)24-22(28)15-3-6-19-20(11-15)30-13-29-19/h1-6,11-12,17H,7-10,13H2,(H,24,28)(H,25,26). The third-order valence-corrected chi connectivity index (χ3v) is 5.76. The van der Waals surface area contributed by atoms with E-state index in [9.17, 15) is 4.79 Å². The minimum atomic E-state index is -0.0865. The van der Waals surface area contributed by atoms with Gasteiger partial charge in [0.1, 0.15) is 0 Å². The van der Waals surface area contributed by atoms with Gasteiger partial charge < -0.3 is 19.7 Å². The zero-order valence-electron chi connectivity index (χ0n) is 16.2. The average Bonchev–Trinajstić information content (AvgIpc) is 3.44. The molecule has 2 aliphatic heterocycles. The quantitative estimate of drug-likeness (QED) is 0.664. The second kappa shape index (κ2) is 7.91. The smallest absolute Gasteiger partial charge is 0.251 e. The van der Waals surface area contributed by atoms with Crippen LogP contribution in [0.5, 0.6) is 11.5 Å². The molecule has 1 amide bonds. The molecule has 154 valence electrons. The predicted octanol–water partition coefficient (Wildman–Crippen LogP) is 3.86. The normalized spacial score (nSPS) is 16.0. The van der Waals surface area contributed by atoms with Crippen LogP contribution in [-0.4, -0.2) is 42.0 Å². The Bertz CT molecular complexity index is 1060. The Kier molecular flexibility index (Phi) is 4.96.